The summed E-state index contributed by atoms with van der Waals surface area (Å²) < 4.78 is 0. The number of benzene rings is 1. The minimum Gasteiger partial charge on any atom is -0.481 e. The zero-order chi connectivity index (χ0) is 13.5. The van der Waals surface area contributed by atoms with E-state index in [0.717, 1.165) is 11.1 Å². The van der Waals surface area contributed by atoms with Crippen LogP contribution in [-0.2, 0) is 15.0 Å². The average Bonchev–Trinajstić information content (AvgIpc) is 2.33. The highest BCUT2D eigenvalue weighted by Crippen LogP contribution is 2.43. The Hall–Kier alpha value is -2.10. The topological polar surface area (TPSA) is 74.6 Å². The average molecular weight is 246 g/mol. The normalized spacial score (nSPS) is 26.1. The number of hydrogen-bond donors (Lipinski definition) is 2. The molecule has 18 heavy (non-hydrogen) atoms. The fourth-order valence-corrected chi connectivity index (χ4v) is 2.52. The lowest BCUT2D eigenvalue weighted by Crippen LogP contribution is -2.45. The maximum Gasteiger partial charge on any atom is 0.315 e. The molecule has 94 valence electrons. The molecular formula is C14H14O4. The molecule has 2 N–H and O–H groups in total. The molecular weight excluding hydrogens is 232 g/mol. The predicted molar refractivity (Wildman–Crippen MR) is 66.2 cm³/mol. The third-order valence-corrected chi connectivity index (χ3v) is 3.66. The SMILES string of the molecule is CC1=CC(C(=O)O)C(C)(C(=O)O)c2ccccc21. The second kappa shape index (κ2) is 3.98. The van der Waals surface area contributed by atoms with Gasteiger partial charge in [0.15, 0.2) is 0 Å². The second-order valence-corrected chi connectivity index (χ2v) is 4.72. The first-order valence-corrected chi connectivity index (χ1v) is 5.63. The first kappa shape index (κ1) is 12.4. The molecule has 0 saturated heterocycles. The van der Waals surface area contributed by atoms with Gasteiger partial charge in [-0.1, -0.05) is 30.3 Å². The van der Waals surface area contributed by atoms with Crippen molar-refractivity contribution in [3.63, 3.8) is 0 Å². The van der Waals surface area contributed by atoms with E-state index >= 15 is 0 Å². The molecule has 0 spiro atoms. The van der Waals surface area contributed by atoms with Crippen LogP contribution in [0.5, 0.6) is 0 Å². The van der Waals surface area contributed by atoms with Crippen molar-refractivity contribution in [2.45, 2.75) is 19.3 Å². The molecule has 0 fully saturated rings. The standard InChI is InChI=1S/C14H14O4/c1-8-7-11(12(15)16)14(2,13(17)18)10-6-4-3-5-9(8)10/h3-7,11H,1-2H3,(H,15,16)(H,17,18). The van der Waals surface area contributed by atoms with Crippen LogP contribution in [0.25, 0.3) is 5.57 Å². The van der Waals surface area contributed by atoms with Crippen molar-refractivity contribution in [2.24, 2.45) is 5.92 Å². The van der Waals surface area contributed by atoms with Crippen molar-refractivity contribution in [1.29, 1.82) is 0 Å². The highest BCUT2D eigenvalue weighted by Gasteiger charge is 2.49. The van der Waals surface area contributed by atoms with Crippen LogP contribution in [0.15, 0.2) is 30.3 Å². The Labute approximate surface area is 105 Å². The summed E-state index contributed by atoms with van der Waals surface area (Å²) in [5.41, 5.74) is 0.739. The van der Waals surface area contributed by atoms with E-state index in [1.807, 2.05) is 12.1 Å². The van der Waals surface area contributed by atoms with E-state index < -0.39 is 23.3 Å². The monoisotopic (exact) mass is 246 g/mol. The van der Waals surface area contributed by atoms with Crippen LogP contribution < -0.4 is 0 Å². The summed E-state index contributed by atoms with van der Waals surface area (Å²) in [6.07, 6.45) is 1.53. The van der Waals surface area contributed by atoms with Crippen LogP contribution in [0.4, 0.5) is 0 Å². The zero-order valence-corrected chi connectivity index (χ0v) is 10.2. The van der Waals surface area contributed by atoms with Crippen molar-refractivity contribution in [2.75, 3.05) is 0 Å². The third kappa shape index (κ3) is 1.53. The van der Waals surface area contributed by atoms with Gasteiger partial charge in [-0.15, -0.1) is 0 Å². The number of fused-ring (bicyclic) bond motifs is 1. The molecule has 1 aromatic carbocycles. The molecule has 2 unspecified atom stereocenters. The number of aliphatic carboxylic acids is 2. The van der Waals surface area contributed by atoms with Gasteiger partial charge in [-0.3, -0.25) is 9.59 Å². The maximum absolute atomic E-state index is 11.6. The molecule has 0 amide bonds. The predicted octanol–water partition coefficient (Wildman–Crippen LogP) is 2.15. The van der Waals surface area contributed by atoms with E-state index in [4.69, 9.17) is 0 Å². The van der Waals surface area contributed by atoms with Crippen LogP contribution in [0.3, 0.4) is 0 Å². The van der Waals surface area contributed by atoms with Gasteiger partial charge >= 0.3 is 11.9 Å². The maximum atomic E-state index is 11.6. The van der Waals surface area contributed by atoms with Crippen LogP contribution in [0.1, 0.15) is 25.0 Å². The van der Waals surface area contributed by atoms with Crippen LogP contribution in [0, 0.1) is 5.92 Å². The molecule has 1 aromatic rings. The summed E-state index contributed by atoms with van der Waals surface area (Å²) in [5.74, 6) is -3.29. The molecule has 0 bridgehead atoms. The van der Waals surface area contributed by atoms with Crippen LogP contribution in [0.2, 0.25) is 0 Å². The van der Waals surface area contributed by atoms with Crippen molar-refractivity contribution < 1.29 is 19.8 Å². The summed E-state index contributed by atoms with van der Waals surface area (Å²) in [6.45, 7) is 3.27. The first-order chi connectivity index (χ1) is 8.39. The van der Waals surface area contributed by atoms with E-state index in [0.29, 0.717) is 5.56 Å². The number of hydrogen-bond acceptors (Lipinski definition) is 2. The van der Waals surface area contributed by atoms with Gasteiger partial charge in [-0.25, -0.2) is 0 Å². The molecule has 1 aliphatic carbocycles. The van der Waals surface area contributed by atoms with Crippen molar-refractivity contribution in [3.8, 4) is 0 Å². The van der Waals surface area contributed by atoms with Gasteiger partial charge in [0.1, 0.15) is 5.41 Å². The van der Waals surface area contributed by atoms with Crippen molar-refractivity contribution in [3.05, 3.63) is 41.5 Å². The number of allylic oxidation sites excluding steroid dienone is 1. The Morgan fingerprint density at radius 1 is 1.22 bits per heavy atom. The molecule has 0 radical (unpaired) electrons. The zero-order valence-electron chi connectivity index (χ0n) is 10.2. The van der Waals surface area contributed by atoms with Gasteiger partial charge in [0.25, 0.3) is 0 Å². The lowest BCUT2D eigenvalue weighted by Gasteiger charge is -2.35. The van der Waals surface area contributed by atoms with Gasteiger partial charge in [-0.05, 0) is 30.5 Å². The molecule has 1 aliphatic rings. The summed E-state index contributed by atoms with van der Waals surface area (Å²) in [5, 5.41) is 18.7. The highest BCUT2D eigenvalue weighted by atomic mass is 16.4. The molecule has 0 heterocycles. The van der Waals surface area contributed by atoms with E-state index in [2.05, 4.69) is 0 Å². The smallest absolute Gasteiger partial charge is 0.315 e. The van der Waals surface area contributed by atoms with Crippen molar-refractivity contribution in [1.82, 2.24) is 0 Å². The fraction of sp³-hybridized carbons (Fsp3) is 0.286. The number of carbonyl (C=O) groups is 2. The van der Waals surface area contributed by atoms with E-state index in [9.17, 15) is 19.8 Å². The fourth-order valence-electron chi connectivity index (χ4n) is 2.52. The van der Waals surface area contributed by atoms with Crippen molar-refractivity contribution >= 4 is 17.5 Å². The Morgan fingerprint density at radius 2 is 1.83 bits per heavy atom. The summed E-state index contributed by atoms with van der Waals surface area (Å²) in [6, 6.07) is 7.06. The van der Waals surface area contributed by atoms with E-state index in [1.54, 1.807) is 19.1 Å². The van der Waals surface area contributed by atoms with Gasteiger partial charge in [0, 0.05) is 0 Å². The van der Waals surface area contributed by atoms with Crippen LogP contribution >= 0.6 is 0 Å². The van der Waals surface area contributed by atoms with Gasteiger partial charge in [-0.2, -0.15) is 0 Å². The Balaban J connectivity index is 2.75. The van der Waals surface area contributed by atoms with Gasteiger partial charge in [0.05, 0.1) is 5.92 Å². The quantitative estimate of drug-likeness (QED) is 0.838. The number of carboxylic acid groups (broad SMARTS) is 2. The molecule has 0 saturated carbocycles. The Kier molecular flexibility index (Phi) is 2.73. The second-order valence-electron chi connectivity index (χ2n) is 4.72. The Morgan fingerprint density at radius 3 is 2.39 bits per heavy atom. The molecule has 0 aromatic heterocycles. The molecule has 2 atom stereocenters. The highest BCUT2D eigenvalue weighted by molar-refractivity contribution is 5.94. The Bertz CT molecular complexity index is 559. The molecule has 0 aliphatic heterocycles. The summed E-state index contributed by atoms with van der Waals surface area (Å²) in [7, 11) is 0. The minimum atomic E-state index is -1.43. The van der Waals surface area contributed by atoms with Gasteiger partial charge < -0.3 is 10.2 Å². The first-order valence-electron chi connectivity index (χ1n) is 5.63. The molecule has 2 rings (SSSR count). The summed E-state index contributed by atoms with van der Waals surface area (Å²) >= 11 is 0. The molecule has 4 heteroatoms. The lowest BCUT2D eigenvalue weighted by atomic mass is 9.65. The summed E-state index contributed by atoms with van der Waals surface area (Å²) in [4.78, 5) is 22.9. The van der Waals surface area contributed by atoms with E-state index in [1.165, 1.54) is 13.0 Å². The third-order valence-electron chi connectivity index (χ3n) is 3.66. The minimum absolute atomic E-state index is 0.560. The number of rotatable bonds is 2. The van der Waals surface area contributed by atoms with E-state index in [-0.39, 0.29) is 0 Å². The van der Waals surface area contributed by atoms with Crippen LogP contribution in [-0.4, -0.2) is 22.2 Å². The lowest BCUT2D eigenvalue weighted by molar-refractivity contribution is -0.153. The largest absolute Gasteiger partial charge is 0.481 e. The van der Waals surface area contributed by atoms with Gasteiger partial charge in [0.2, 0.25) is 0 Å². The number of carboxylic acids is 2. The molecule has 4 nitrogen and oxygen atoms in total.